The number of nitrogens with zero attached hydrogens (tertiary/aromatic N) is 3. The van der Waals surface area contributed by atoms with Crippen molar-refractivity contribution in [3.8, 4) is 0 Å². The van der Waals surface area contributed by atoms with Crippen LogP contribution in [0.3, 0.4) is 0 Å². The molecule has 1 radical (unpaired) electrons. The predicted octanol–water partition coefficient (Wildman–Crippen LogP) is 2.53. The van der Waals surface area contributed by atoms with E-state index >= 15 is 0 Å². The fourth-order valence-electron chi connectivity index (χ4n) is 4.55. The Morgan fingerprint density at radius 3 is 3.00 bits per heavy atom. The molecule has 1 aromatic carbocycles. The summed E-state index contributed by atoms with van der Waals surface area (Å²) in [5.41, 5.74) is 2.20. The minimum Gasteiger partial charge on any atom is -0.348 e. The largest absolute Gasteiger partial charge is 0.348 e. The first-order chi connectivity index (χ1) is 12.1. The second kappa shape index (κ2) is 5.18. The molecule has 5 rings (SSSR count). The average molecular weight is 334 g/mol. The molecule has 1 aliphatic carbocycles. The second-order valence-electron chi connectivity index (χ2n) is 7.38. The zero-order chi connectivity index (χ0) is 17.0. The molecule has 3 heterocycles. The van der Waals surface area contributed by atoms with E-state index in [1.54, 1.807) is 6.33 Å². The van der Waals surface area contributed by atoms with Gasteiger partial charge >= 0.3 is 5.56 Å². The molecule has 2 aliphatic rings. The summed E-state index contributed by atoms with van der Waals surface area (Å²) >= 11 is 0. The molecule has 6 nitrogen and oxygen atoms in total. The van der Waals surface area contributed by atoms with Crippen LogP contribution >= 0.6 is 0 Å². The molecular weight excluding hydrogens is 314 g/mol. The molecule has 2 N–H and O–H groups in total. The molecule has 2 unspecified atom stereocenters. The van der Waals surface area contributed by atoms with E-state index in [2.05, 4.69) is 57.5 Å². The summed E-state index contributed by atoms with van der Waals surface area (Å²) in [7, 11) is 0. The molecule has 2 atom stereocenters. The molecule has 0 amide bonds. The molecule has 25 heavy (non-hydrogen) atoms. The van der Waals surface area contributed by atoms with Crippen molar-refractivity contribution < 1.29 is 0 Å². The Bertz CT molecular complexity index is 992. The molecule has 1 aliphatic heterocycles. The van der Waals surface area contributed by atoms with Crippen molar-refractivity contribution in [1.82, 2.24) is 19.5 Å². The van der Waals surface area contributed by atoms with Gasteiger partial charge in [-0.15, -0.1) is 0 Å². The van der Waals surface area contributed by atoms with Crippen LogP contribution in [0.25, 0.3) is 11.2 Å². The third-order valence-electron chi connectivity index (χ3n) is 5.75. The Labute approximate surface area is 145 Å². The highest BCUT2D eigenvalue weighted by Gasteiger charge is 2.49. The van der Waals surface area contributed by atoms with Crippen LogP contribution in [0.1, 0.15) is 25.3 Å². The number of imidazole rings is 1. The first-order valence-corrected chi connectivity index (χ1v) is 8.73. The van der Waals surface area contributed by atoms with Crippen molar-refractivity contribution in [3.05, 3.63) is 58.5 Å². The topological polar surface area (TPSA) is 75.6 Å². The van der Waals surface area contributed by atoms with E-state index in [0.29, 0.717) is 23.0 Å². The number of hydrogen-bond acceptors (Lipinski definition) is 4. The van der Waals surface area contributed by atoms with E-state index in [9.17, 15) is 4.79 Å². The molecule has 127 valence electrons. The lowest BCUT2D eigenvalue weighted by Gasteiger charge is -2.28. The van der Waals surface area contributed by atoms with Crippen LogP contribution in [0, 0.1) is 11.8 Å². The minimum atomic E-state index is -0.250. The smallest absolute Gasteiger partial charge is 0.300 e. The molecule has 1 fully saturated rings. The fourth-order valence-corrected chi connectivity index (χ4v) is 4.55. The zero-order valence-electron chi connectivity index (χ0n) is 14.1. The van der Waals surface area contributed by atoms with Gasteiger partial charge in [0.1, 0.15) is 0 Å². The van der Waals surface area contributed by atoms with Crippen LogP contribution in [-0.4, -0.2) is 25.1 Å². The van der Waals surface area contributed by atoms with Crippen molar-refractivity contribution in [1.29, 1.82) is 0 Å². The highest BCUT2D eigenvalue weighted by Crippen LogP contribution is 2.48. The van der Waals surface area contributed by atoms with Gasteiger partial charge in [-0.05, 0) is 30.7 Å². The van der Waals surface area contributed by atoms with Crippen LogP contribution in [0.15, 0.2) is 41.5 Å². The Morgan fingerprint density at radius 2 is 2.16 bits per heavy atom. The second-order valence-corrected chi connectivity index (χ2v) is 7.38. The van der Waals surface area contributed by atoms with Crippen LogP contribution in [0.5, 0.6) is 0 Å². The molecule has 1 saturated carbocycles. The Balaban J connectivity index is 1.45. The molecule has 0 bridgehead atoms. The lowest BCUT2D eigenvalue weighted by molar-refractivity contribution is 0.439. The predicted molar refractivity (Wildman–Crippen MR) is 96.3 cm³/mol. The van der Waals surface area contributed by atoms with Gasteiger partial charge in [0.15, 0.2) is 11.2 Å². The quantitative estimate of drug-likeness (QED) is 0.755. The third kappa shape index (κ3) is 2.20. The van der Waals surface area contributed by atoms with Crippen molar-refractivity contribution in [2.45, 2.75) is 38.3 Å². The van der Waals surface area contributed by atoms with E-state index in [4.69, 9.17) is 0 Å². The number of anilines is 1. The van der Waals surface area contributed by atoms with Crippen molar-refractivity contribution in [2.75, 3.05) is 5.32 Å². The lowest BCUT2D eigenvalue weighted by Crippen LogP contribution is -2.38. The first-order valence-electron chi connectivity index (χ1n) is 8.73. The molecular formula is C19H20N5O. The number of rotatable bonds is 2. The lowest BCUT2D eigenvalue weighted by atomic mass is 9.89. The van der Waals surface area contributed by atoms with E-state index in [-0.39, 0.29) is 11.1 Å². The molecule has 3 aromatic rings. The molecule has 6 heteroatoms. The van der Waals surface area contributed by atoms with Crippen LogP contribution in [-0.2, 0) is 13.0 Å². The molecule has 1 spiro atoms. The van der Waals surface area contributed by atoms with Crippen molar-refractivity contribution in [3.63, 3.8) is 0 Å². The number of hydrogen-bond donors (Lipinski definition) is 2. The van der Waals surface area contributed by atoms with Gasteiger partial charge in [0, 0.05) is 5.92 Å². The van der Waals surface area contributed by atoms with Crippen LogP contribution in [0.4, 0.5) is 5.95 Å². The highest BCUT2D eigenvalue weighted by molar-refractivity contribution is 5.72. The van der Waals surface area contributed by atoms with E-state index in [1.165, 1.54) is 11.5 Å². The Kier molecular flexibility index (Phi) is 3.04. The van der Waals surface area contributed by atoms with Gasteiger partial charge in [-0.3, -0.25) is 9.36 Å². The van der Waals surface area contributed by atoms with Gasteiger partial charge in [-0.25, -0.2) is 4.98 Å². The first kappa shape index (κ1) is 14.7. The summed E-state index contributed by atoms with van der Waals surface area (Å²) in [6.45, 7) is 3.01. The van der Waals surface area contributed by atoms with Gasteiger partial charge in [0.25, 0.3) is 0 Å². The highest BCUT2D eigenvalue weighted by atomic mass is 16.1. The van der Waals surface area contributed by atoms with E-state index in [1.807, 2.05) is 4.57 Å². The number of H-pyrrole nitrogens is 1. The number of benzene rings is 1. The summed E-state index contributed by atoms with van der Waals surface area (Å²) in [6.07, 6.45) is 4.80. The number of aromatic nitrogens is 4. The van der Waals surface area contributed by atoms with Crippen LogP contribution < -0.4 is 10.9 Å². The van der Waals surface area contributed by atoms with E-state index < -0.39 is 0 Å². The number of aromatic amines is 1. The average Bonchev–Trinajstić information content (AvgIpc) is 3.27. The number of nitrogens with one attached hydrogen (secondary N) is 2. The molecule has 2 aromatic heterocycles. The molecule has 0 saturated heterocycles. The Morgan fingerprint density at radius 1 is 1.32 bits per heavy atom. The zero-order valence-corrected chi connectivity index (χ0v) is 14.1. The normalized spacial score (nSPS) is 25.6. The Hall–Kier alpha value is -2.63. The summed E-state index contributed by atoms with van der Waals surface area (Å²) < 4.78 is 2.04. The standard InChI is InChI=1S/C19H20N5O/c1-12-7-14(8-13-5-3-2-4-6-13)9-19(12)10-24-16-15(20-11-21-16)17(25)22-18(24)23-19/h2-6,11,14H,7-10H2,1H3,(H,20,21)(H,22,23,25). The maximum atomic E-state index is 12.1. The third-order valence-corrected chi connectivity index (χ3v) is 5.75. The van der Waals surface area contributed by atoms with Gasteiger partial charge < -0.3 is 10.3 Å². The van der Waals surface area contributed by atoms with Gasteiger partial charge in [0.2, 0.25) is 5.95 Å². The SMILES string of the molecule is C[C]1CC(Cc2ccccc2)CC12Cn1c(nc(=O)c3[nH]cnc31)N2. The van der Waals surface area contributed by atoms with Gasteiger partial charge in [-0.2, -0.15) is 4.98 Å². The maximum Gasteiger partial charge on any atom is 0.300 e. The number of fused-ring (bicyclic) bond motifs is 3. The summed E-state index contributed by atoms with van der Waals surface area (Å²) in [6, 6.07) is 10.7. The maximum absolute atomic E-state index is 12.1. The van der Waals surface area contributed by atoms with Gasteiger partial charge in [-0.1, -0.05) is 37.3 Å². The monoisotopic (exact) mass is 334 g/mol. The minimum absolute atomic E-state index is 0.112. The van der Waals surface area contributed by atoms with E-state index in [0.717, 1.165) is 25.8 Å². The van der Waals surface area contributed by atoms with Crippen molar-refractivity contribution in [2.24, 2.45) is 5.92 Å². The summed E-state index contributed by atoms with van der Waals surface area (Å²) in [4.78, 5) is 23.6. The van der Waals surface area contributed by atoms with Crippen molar-refractivity contribution >= 4 is 17.1 Å². The van der Waals surface area contributed by atoms with Gasteiger partial charge in [0.05, 0.1) is 18.4 Å². The summed E-state index contributed by atoms with van der Waals surface area (Å²) in [5.74, 6) is 2.69. The van der Waals surface area contributed by atoms with Crippen LogP contribution in [0.2, 0.25) is 0 Å². The summed E-state index contributed by atoms with van der Waals surface area (Å²) in [5, 5.41) is 3.56. The fraction of sp³-hybridized carbons (Fsp3) is 0.368.